The first kappa shape index (κ1) is 35.1. The third kappa shape index (κ3) is 9.92. The predicted octanol–water partition coefficient (Wildman–Crippen LogP) is 7.32. The van der Waals surface area contributed by atoms with E-state index < -0.39 is 0 Å². The fraction of sp³-hybridized carbons (Fsp3) is 0.486. The molecule has 9 heteroatoms. The number of piperidine rings is 1. The largest absolute Gasteiger partial charge is 0.497 e. The van der Waals surface area contributed by atoms with E-state index in [4.69, 9.17) is 9.47 Å². The fourth-order valence-electron chi connectivity index (χ4n) is 6.99. The molecule has 5 rings (SSSR count). The van der Waals surface area contributed by atoms with Crippen molar-refractivity contribution in [2.24, 2.45) is 5.92 Å². The number of rotatable bonds is 17. The van der Waals surface area contributed by atoms with E-state index in [1.54, 1.807) is 14.2 Å². The van der Waals surface area contributed by atoms with Gasteiger partial charge in [-0.1, -0.05) is 52.3 Å². The lowest BCUT2D eigenvalue weighted by atomic mass is 9.76. The second kappa shape index (κ2) is 17.8. The molecule has 0 radical (unpaired) electrons. The number of fused-ring (bicyclic) bond motifs is 2. The number of nitrogens with one attached hydrogen (secondary N) is 1. The van der Waals surface area contributed by atoms with Crippen LogP contribution in [-0.4, -0.2) is 86.7 Å². The molecule has 0 spiro atoms. The van der Waals surface area contributed by atoms with Crippen molar-refractivity contribution in [3.05, 3.63) is 94.0 Å². The second-order valence-corrected chi connectivity index (χ2v) is 15.5. The average molecular weight is 727 g/mol. The van der Waals surface area contributed by atoms with Crippen LogP contribution in [0.3, 0.4) is 0 Å². The highest BCUT2D eigenvalue weighted by Gasteiger charge is 2.46. The molecule has 2 fully saturated rings. The highest BCUT2D eigenvalue weighted by Crippen LogP contribution is 2.46. The molecule has 2 bridgehead atoms. The molecule has 46 heavy (non-hydrogen) atoms. The summed E-state index contributed by atoms with van der Waals surface area (Å²) >= 11 is 7.41. The molecular weight excluding hydrogens is 678 g/mol. The molecule has 3 aromatic carbocycles. The van der Waals surface area contributed by atoms with Gasteiger partial charge in [-0.15, -0.1) is 0 Å². The molecule has 0 aromatic heterocycles. The zero-order valence-corrected chi connectivity index (χ0v) is 30.5. The molecule has 0 saturated carbocycles. The number of amides is 1. The van der Waals surface area contributed by atoms with E-state index in [0.29, 0.717) is 37.0 Å². The van der Waals surface area contributed by atoms with Crippen LogP contribution in [0.5, 0.6) is 11.5 Å². The maximum absolute atomic E-state index is 13.3. The van der Waals surface area contributed by atoms with E-state index >= 15 is 0 Å². The Morgan fingerprint density at radius 2 is 1.50 bits per heavy atom. The number of carbonyl (C=O) groups excluding carboxylic acids is 1. The van der Waals surface area contributed by atoms with Crippen molar-refractivity contribution >= 4 is 45.4 Å². The molecule has 2 saturated heterocycles. The Hall–Kier alpha value is -2.17. The van der Waals surface area contributed by atoms with Gasteiger partial charge in [-0.05, 0) is 91.2 Å². The lowest BCUT2D eigenvalue weighted by Gasteiger charge is -2.45. The third-order valence-corrected chi connectivity index (χ3v) is 12.1. The lowest BCUT2D eigenvalue weighted by Crippen LogP contribution is -2.51. The summed E-state index contributed by atoms with van der Waals surface area (Å²) in [7, 11) is 5.71. The number of thioether (sulfide) groups is 2. The Morgan fingerprint density at radius 3 is 2.11 bits per heavy atom. The van der Waals surface area contributed by atoms with Crippen molar-refractivity contribution in [3.63, 3.8) is 0 Å². The quantitative estimate of drug-likeness (QED) is 0.147. The summed E-state index contributed by atoms with van der Waals surface area (Å²) < 4.78 is 11.7. The molecule has 1 amide bonds. The van der Waals surface area contributed by atoms with Gasteiger partial charge in [-0.2, -0.15) is 23.5 Å². The van der Waals surface area contributed by atoms with Crippen molar-refractivity contribution < 1.29 is 14.3 Å². The van der Waals surface area contributed by atoms with Crippen molar-refractivity contribution in [1.29, 1.82) is 0 Å². The second-order valence-electron chi connectivity index (χ2n) is 12.4. The average Bonchev–Trinajstić information content (AvgIpc) is 3.32. The van der Waals surface area contributed by atoms with Crippen LogP contribution in [-0.2, 0) is 16.3 Å². The van der Waals surface area contributed by atoms with Gasteiger partial charge in [0.15, 0.2) is 0 Å². The molecule has 248 valence electrons. The summed E-state index contributed by atoms with van der Waals surface area (Å²) in [5, 5.41) is 3.22. The summed E-state index contributed by atoms with van der Waals surface area (Å²) in [5.41, 5.74) is 4.00. The van der Waals surface area contributed by atoms with E-state index in [2.05, 4.69) is 86.6 Å². The number of methoxy groups -OCH3 is 2. The van der Waals surface area contributed by atoms with Gasteiger partial charge in [-0.25, -0.2) is 0 Å². The summed E-state index contributed by atoms with van der Waals surface area (Å²) in [5.74, 6) is 6.63. The normalized spacial score (nSPS) is 21.0. The van der Waals surface area contributed by atoms with E-state index in [-0.39, 0.29) is 5.91 Å². The number of benzene rings is 3. The Morgan fingerprint density at radius 1 is 0.891 bits per heavy atom. The van der Waals surface area contributed by atoms with Crippen LogP contribution >= 0.6 is 39.5 Å². The maximum atomic E-state index is 13.3. The number of nitrogens with zero attached hydrogens (tertiary/aromatic N) is 2. The third-order valence-electron chi connectivity index (χ3n) is 9.54. The summed E-state index contributed by atoms with van der Waals surface area (Å²) in [6.07, 6.45) is 3.71. The van der Waals surface area contributed by atoms with Crippen molar-refractivity contribution in [1.82, 2.24) is 15.1 Å². The Balaban J connectivity index is 1.18. The van der Waals surface area contributed by atoms with Gasteiger partial charge < -0.3 is 19.7 Å². The van der Waals surface area contributed by atoms with Crippen LogP contribution in [0.2, 0.25) is 0 Å². The zero-order chi connectivity index (χ0) is 32.3. The van der Waals surface area contributed by atoms with Gasteiger partial charge in [0.25, 0.3) is 0 Å². The molecule has 2 aliphatic heterocycles. The number of hydrogen-bond donors (Lipinski definition) is 1. The van der Waals surface area contributed by atoms with Crippen molar-refractivity contribution in [2.75, 3.05) is 59.0 Å². The Labute approximate surface area is 292 Å². The van der Waals surface area contributed by atoms with E-state index in [0.717, 1.165) is 52.1 Å². The molecular formula is C37H48BrN3O3S2. The van der Waals surface area contributed by atoms with E-state index in [1.165, 1.54) is 36.0 Å². The first-order chi connectivity index (χ1) is 22.4. The monoisotopic (exact) mass is 725 g/mol. The highest BCUT2D eigenvalue weighted by atomic mass is 79.9. The van der Waals surface area contributed by atoms with Gasteiger partial charge in [0.05, 0.1) is 20.8 Å². The number of hydrogen-bond acceptors (Lipinski definition) is 7. The molecule has 4 atom stereocenters. The van der Waals surface area contributed by atoms with Gasteiger partial charge in [-0.3, -0.25) is 9.69 Å². The SMILES string of the molecule is COc1ccc(CSCCNC(=O)CN(CCSCc2ccc(OC)cc2)C[C@H]2[C@@H](c3ccc(Br)cc3)C[C@@H]3CC[C@H]2N3C)cc1. The summed E-state index contributed by atoms with van der Waals surface area (Å²) in [6, 6.07) is 26.7. The minimum Gasteiger partial charge on any atom is -0.497 e. The van der Waals surface area contributed by atoms with Gasteiger partial charge in [0, 0.05) is 59.2 Å². The summed E-state index contributed by atoms with van der Waals surface area (Å²) in [4.78, 5) is 18.4. The first-order valence-electron chi connectivity index (χ1n) is 16.3. The fourth-order valence-corrected chi connectivity index (χ4v) is 9.03. The van der Waals surface area contributed by atoms with Crippen LogP contribution in [0.15, 0.2) is 77.3 Å². The number of halogens is 1. The Kier molecular flexibility index (Phi) is 13.6. The minimum absolute atomic E-state index is 0.124. The van der Waals surface area contributed by atoms with Crippen LogP contribution < -0.4 is 14.8 Å². The van der Waals surface area contributed by atoms with E-state index in [1.807, 2.05) is 47.8 Å². The maximum Gasteiger partial charge on any atom is 0.234 e. The highest BCUT2D eigenvalue weighted by molar-refractivity contribution is 9.10. The Bertz CT molecular complexity index is 1360. The van der Waals surface area contributed by atoms with Gasteiger partial charge in [0.2, 0.25) is 5.91 Å². The summed E-state index contributed by atoms with van der Waals surface area (Å²) in [6.45, 7) is 2.95. The smallest absolute Gasteiger partial charge is 0.234 e. The molecule has 2 heterocycles. The lowest BCUT2D eigenvalue weighted by molar-refractivity contribution is -0.122. The van der Waals surface area contributed by atoms with Crippen LogP contribution in [0.1, 0.15) is 41.9 Å². The van der Waals surface area contributed by atoms with E-state index in [9.17, 15) is 4.79 Å². The van der Waals surface area contributed by atoms with Crippen molar-refractivity contribution in [3.8, 4) is 11.5 Å². The minimum atomic E-state index is 0.124. The van der Waals surface area contributed by atoms with Gasteiger partial charge in [0.1, 0.15) is 11.5 Å². The van der Waals surface area contributed by atoms with Crippen LogP contribution in [0, 0.1) is 5.92 Å². The number of ether oxygens (including phenoxy) is 2. The number of carbonyl (C=O) groups is 1. The zero-order valence-electron chi connectivity index (χ0n) is 27.3. The molecule has 1 N–H and O–H groups in total. The topological polar surface area (TPSA) is 54.0 Å². The van der Waals surface area contributed by atoms with Crippen LogP contribution in [0.4, 0.5) is 0 Å². The molecule has 3 aromatic rings. The molecule has 0 aliphatic carbocycles. The van der Waals surface area contributed by atoms with Crippen molar-refractivity contribution in [2.45, 2.75) is 48.8 Å². The van der Waals surface area contributed by atoms with Gasteiger partial charge >= 0.3 is 0 Å². The van der Waals surface area contributed by atoms with Crippen LogP contribution in [0.25, 0.3) is 0 Å². The molecule has 2 aliphatic rings. The first-order valence-corrected chi connectivity index (χ1v) is 19.4. The molecule has 6 nitrogen and oxygen atoms in total. The molecule has 0 unspecified atom stereocenters. The predicted molar refractivity (Wildman–Crippen MR) is 197 cm³/mol. The standard InChI is InChI=1S/C37H48BrN3O3S2/c1-40-31-12-17-36(40)35(34(22-31)29-8-10-30(38)11-9-29)23-41(19-21-46-26-28-6-15-33(44-3)16-7-28)24-37(42)39-18-20-45-25-27-4-13-32(43-2)14-5-27/h4-11,13-16,31,34-36H,12,17-26H2,1-3H3,(H,39,42)/t31-,34+,35-,36+/m0/s1.